The van der Waals surface area contributed by atoms with Gasteiger partial charge in [-0.3, -0.25) is 0 Å². The van der Waals surface area contributed by atoms with E-state index in [4.69, 9.17) is 4.74 Å². The van der Waals surface area contributed by atoms with Crippen LogP contribution < -0.4 is 5.32 Å². The number of piperidine rings is 1. The number of methoxy groups -OCH3 is 1. The van der Waals surface area contributed by atoms with Crippen molar-refractivity contribution in [2.45, 2.75) is 37.6 Å². The Morgan fingerprint density at radius 1 is 1.33 bits per heavy atom. The fourth-order valence-electron chi connectivity index (χ4n) is 3.16. The van der Waals surface area contributed by atoms with Crippen molar-refractivity contribution in [3.05, 3.63) is 24.0 Å². The van der Waals surface area contributed by atoms with Crippen LogP contribution in [0.2, 0.25) is 0 Å². The molecule has 1 unspecified atom stereocenters. The van der Waals surface area contributed by atoms with Gasteiger partial charge in [0.05, 0.1) is 6.61 Å². The standard InChI is InChI=1S/C15H24N2O/c1-18-11-15(12-2-3-12)13-6-9-17(10-13)14-4-7-16-8-5-14/h6,9-10,12,14-16H,2-5,7-8,11H2,1H3. The summed E-state index contributed by atoms with van der Waals surface area (Å²) in [6.07, 6.45) is 9.92. The highest BCUT2D eigenvalue weighted by Gasteiger charge is 2.32. The van der Waals surface area contributed by atoms with Crippen LogP contribution in [0.5, 0.6) is 0 Å². The summed E-state index contributed by atoms with van der Waals surface area (Å²) in [5.41, 5.74) is 1.48. The molecule has 1 saturated heterocycles. The molecule has 3 rings (SSSR count). The van der Waals surface area contributed by atoms with E-state index < -0.39 is 0 Å². The van der Waals surface area contributed by atoms with Crippen LogP contribution in [0.3, 0.4) is 0 Å². The molecule has 2 fully saturated rings. The summed E-state index contributed by atoms with van der Waals surface area (Å²) in [4.78, 5) is 0. The van der Waals surface area contributed by atoms with E-state index in [1.165, 1.54) is 31.2 Å². The first-order valence-corrected chi connectivity index (χ1v) is 7.25. The van der Waals surface area contributed by atoms with Gasteiger partial charge < -0.3 is 14.6 Å². The number of rotatable bonds is 5. The molecular weight excluding hydrogens is 224 g/mol. The smallest absolute Gasteiger partial charge is 0.0534 e. The van der Waals surface area contributed by atoms with E-state index in [0.717, 1.165) is 25.6 Å². The summed E-state index contributed by atoms with van der Waals surface area (Å²) >= 11 is 0. The summed E-state index contributed by atoms with van der Waals surface area (Å²) in [5, 5.41) is 3.43. The van der Waals surface area contributed by atoms with Crippen LogP contribution in [-0.4, -0.2) is 31.4 Å². The van der Waals surface area contributed by atoms with Gasteiger partial charge in [-0.1, -0.05) is 0 Å². The van der Waals surface area contributed by atoms with Crippen LogP contribution in [0.15, 0.2) is 18.5 Å². The zero-order valence-corrected chi connectivity index (χ0v) is 11.3. The number of nitrogens with zero attached hydrogens (tertiary/aromatic N) is 1. The molecule has 0 spiro atoms. The zero-order chi connectivity index (χ0) is 12.4. The molecule has 1 atom stereocenters. The van der Waals surface area contributed by atoms with Crippen LogP contribution in [0.4, 0.5) is 0 Å². The first-order valence-electron chi connectivity index (χ1n) is 7.25. The molecule has 1 saturated carbocycles. The number of ether oxygens (including phenoxy) is 1. The second-order valence-electron chi connectivity index (χ2n) is 5.77. The molecule has 3 heteroatoms. The molecule has 100 valence electrons. The maximum Gasteiger partial charge on any atom is 0.0534 e. The maximum atomic E-state index is 5.40. The second kappa shape index (κ2) is 5.45. The van der Waals surface area contributed by atoms with Crippen LogP contribution in [0.1, 0.15) is 43.2 Å². The highest BCUT2D eigenvalue weighted by atomic mass is 16.5. The predicted molar refractivity (Wildman–Crippen MR) is 72.9 cm³/mol. The van der Waals surface area contributed by atoms with Crippen LogP contribution in [0.25, 0.3) is 0 Å². The minimum atomic E-state index is 0.623. The Bertz CT molecular complexity index is 378. The highest BCUT2D eigenvalue weighted by molar-refractivity contribution is 5.20. The van der Waals surface area contributed by atoms with Gasteiger partial charge in [-0.2, -0.15) is 0 Å². The summed E-state index contributed by atoms with van der Waals surface area (Å²) in [6, 6.07) is 3.01. The molecule has 1 aromatic heterocycles. The Hall–Kier alpha value is -0.800. The van der Waals surface area contributed by atoms with Gasteiger partial charge in [0, 0.05) is 31.5 Å². The average Bonchev–Trinajstić information content (AvgIpc) is 3.14. The third-order valence-corrected chi connectivity index (χ3v) is 4.43. The molecule has 1 aromatic rings. The number of nitrogens with one attached hydrogen (secondary N) is 1. The van der Waals surface area contributed by atoms with Gasteiger partial charge in [-0.15, -0.1) is 0 Å². The summed E-state index contributed by atoms with van der Waals surface area (Å²) in [5.74, 6) is 1.49. The van der Waals surface area contributed by atoms with Crippen LogP contribution in [-0.2, 0) is 4.74 Å². The predicted octanol–water partition coefficient (Wildman–Crippen LogP) is 2.55. The molecule has 2 heterocycles. The Labute approximate surface area is 110 Å². The van der Waals surface area contributed by atoms with Crippen molar-refractivity contribution in [2.24, 2.45) is 5.92 Å². The summed E-state index contributed by atoms with van der Waals surface area (Å²) < 4.78 is 7.83. The molecule has 1 N–H and O–H groups in total. The molecule has 0 amide bonds. The molecule has 1 aliphatic carbocycles. The van der Waals surface area contributed by atoms with Gasteiger partial charge in [0.1, 0.15) is 0 Å². The van der Waals surface area contributed by atoms with E-state index in [2.05, 4.69) is 28.3 Å². The lowest BCUT2D eigenvalue weighted by Crippen LogP contribution is -2.28. The molecule has 18 heavy (non-hydrogen) atoms. The van der Waals surface area contributed by atoms with E-state index in [1.807, 2.05) is 7.11 Å². The average molecular weight is 248 g/mol. The van der Waals surface area contributed by atoms with Crippen molar-refractivity contribution >= 4 is 0 Å². The minimum Gasteiger partial charge on any atom is -0.384 e. The Morgan fingerprint density at radius 3 is 2.78 bits per heavy atom. The van der Waals surface area contributed by atoms with Gasteiger partial charge in [0.2, 0.25) is 0 Å². The van der Waals surface area contributed by atoms with Crippen LogP contribution >= 0.6 is 0 Å². The normalized spacial score (nSPS) is 23.2. The fraction of sp³-hybridized carbons (Fsp3) is 0.733. The topological polar surface area (TPSA) is 26.2 Å². The summed E-state index contributed by atoms with van der Waals surface area (Å²) in [6.45, 7) is 3.19. The quantitative estimate of drug-likeness (QED) is 0.866. The molecular formula is C15H24N2O. The van der Waals surface area contributed by atoms with Gasteiger partial charge >= 0.3 is 0 Å². The van der Waals surface area contributed by atoms with E-state index in [9.17, 15) is 0 Å². The lowest BCUT2D eigenvalue weighted by molar-refractivity contribution is 0.171. The van der Waals surface area contributed by atoms with Gasteiger partial charge in [-0.25, -0.2) is 0 Å². The van der Waals surface area contributed by atoms with Crippen molar-refractivity contribution < 1.29 is 4.74 Å². The molecule has 3 nitrogen and oxygen atoms in total. The van der Waals surface area contributed by atoms with Crippen LogP contribution in [0, 0.1) is 5.92 Å². The monoisotopic (exact) mass is 248 g/mol. The van der Waals surface area contributed by atoms with Crippen molar-refractivity contribution in [3.63, 3.8) is 0 Å². The highest BCUT2D eigenvalue weighted by Crippen LogP contribution is 2.43. The summed E-state index contributed by atoms with van der Waals surface area (Å²) in [7, 11) is 1.82. The van der Waals surface area contributed by atoms with E-state index in [1.54, 1.807) is 0 Å². The number of hydrogen-bond acceptors (Lipinski definition) is 2. The maximum absolute atomic E-state index is 5.40. The fourth-order valence-corrected chi connectivity index (χ4v) is 3.16. The first kappa shape index (κ1) is 12.2. The third-order valence-electron chi connectivity index (χ3n) is 4.43. The molecule has 0 bridgehead atoms. The number of aromatic nitrogens is 1. The Kier molecular flexibility index (Phi) is 3.71. The van der Waals surface area contributed by atoms with E-state index >= 15 is 0 Å². The minimum absolute atomic E-state index is 0.623. The lowest BCUT2D eigenvalue weighted by atomic mass is 9.98. The number of hydrogen-bond donors (Lipinski definition) is 1. The van der Waals surface area contributed by atoms with Crippen molar-refractivity contribution in [3.8, 4) is 0 Å². The molecule has 0 aromatic carbocycles. The van der Waals surface area contributed by atoms with Crippen molar-refractivity contribution in [1.29, 1.82) is 0 Å². The Balaban J connectivity index is 1.70. The zero-order valence-electron chi connectivity index (χ0n) is 11.3. The van der Waals surface area contributed by atoms with Gasteiger partial charge in [0.25, 0.3) is 0 Å². The third kappa shape index (κ3) is 2.62. The SMILES string of the molecule is COCC(c1ccn(C2CCNCC2)c1)C1CC1. The van der Waals surface area contributed by atoms with E-state index in [-0.39, 0.29) is 0 Å². The molecule has 2 aliphatic rings. The van der Waals surface area contributed by atoms with E-state index in [0.29, 0.717) is 12.0 Å². The molecule has 1 aliphatic heterocycles. The van der Waals surface area contributed by atoms with Gasteiger partial charge in [0.15, 0.2) is 0 Å². The second-order valence-corrected chi connectivity index (χ2v) is 5.77. The lowest BCUT2D eigenvalue weighted by Gasteiger charge is -2.24. The van der Waals surface area contributed by atoms with Gasteiger partial charge in [-0.05, 0) is 56.3 Å². The molecule has 0 radical (unpaired) electrons. The Morgan fingerprint density at radius 2 is 2.11 bits per heavy atom. The largest absolute Gasteiger partial charge is 0.384 e. The van der Waals surface area contributed by atoms with Crippen molar-refractivity contribution in [2.75, 3.05) is 26.8 Å². The van der Waals surface area contributed by atoms with Crippen molar-refractivity contribution in [1.82, 2.24) is 9.88 Å². The first-order chi connectivity index (χ1) is 8.88.